The summed E-state index contributed by atoms with van der Waals surface area (Å²) in [6.45, 7) is 1.58. The highest BCUT2D eigenvalue weighted by Gasteiger charge is 2.30. The summed E-state index contributed by atoms with van der Waals surface area (Å²) in [4.78, 5) is 0. The van der Waals surface area contributed by atoms with Crippen molar-refractivity contribution in [3.8, 4) is 0 Å². The maximum atomic E-state index is 10.1. The highest BCUT2D eigenvalue weighted by molar-refractivity contribution is 6.30. The van der Waals surface area contributed by atoms with Gasteiger partial charge < -0.3 is 10.4 Å². The molecule has 4 heteroatoms. The Bertz CT molecular complexity index is 324. The molecule has 1 aliphatic rings. The lowest BCUT2D eigenvalue weighted by Crippen LogP contribution is -2.33. The van der Waals surface area contributed by atoms with Crippen molar-refractivity contribution in [2.75, 3.05) is 13.1 Å². The van der Waals surface area contributed by atoms with Crippen molar-refractivity contribution in [3.05, 3.63) is 34.9 Å². The van der Waals surface area contributed by atoms with Crippen molar-refractivity contribution in [1.82, 2.24) is 5.32 Å². The molecule has 1 fully saturated rings. The molecule has 15 heavy (non-hydrogen) atoms. The van der Waals surface area contributed by atoms with Gasteiger partial charge in [-0.2, -0.15) is 0 Å². The summed E-state index contributed by atoms with van der Waals surface area (Å²) in [5.74, 6) is 0. The van der Waals surface area contributed by atoms with Crippen molar-refractivity contribution < 1.29 is 5.11 Å². The summed E-state index contributed by atoms with van der Waals surface area (Å²) in [7, 11) is 0. The third-order valence-electron chi connectivity index (χ3n) is 2.64. The summed E-state index contributed by atoms with van der Waals surface area (Å²) in [6.07, 6.45) is 1.50. The first-order valence-electron chi connectivity index (χ1n) is 4.86. The monoisotopic (exact) mass is 247 g/mol. The van der Waals surface area contributed by atoms with Gasteiger partial charge in [0.2, 0.25) is 0 Å². The van der Waals surface area contributed by atoms with Crippen LogP contribution in [-0.2, 0) is 6.42 Å². The number of hydrogen-bond acceptors (Lipinski definition) is 2. The van der Waals surface area contributed by atoms with Gasteiger partial charge in [-0.25, -0.2) is 0 Å². The van der Waals surface area contributed by atoms with E-state index in [4.69, 9.17) is 11.6 Å². The van der Waals surface area contributed by atoms with E-state index in [1.165, 1.54) is 0 Å². The van der Waals surface area contributed by atoms with Gasteiger partial charge in [-0.05, 0) is 30.7 Å². The van der Waals surface area contributed by atoms with Crippen molar-refractivity contribution >= 4 is 24.0 Å². The zero-order valence-electron chi connectivity index (χ0n) is 8.37. The highest BCUT2D eigenvalue weighted by atomic mass is 35.5. The molecule has 1 atom stereocenters. The van der Waals surface area contributed by atoms with Gasteiger partial charge in [-0.1, -0.05) is 23.7 Å². The normalized spacial score (nSPS) is 24.9. The molecule has 2 nitrogen and oxygen atoms in total. The fraction of sp³-hybridized carbons (Fsp3) is 0.455. The number of halogens is 2. The Kier molecular flexibility index (Phi) is 4.41. The Balaban J connectivity index is 0.00000112. The van der Waals surface area contributed by atoms with Crippen LogP contribution in [0.4, 0.5) is 0 Å². The standard InChI is InChI=1S/C11H14ClNO.ClH/c12-10-3-1-2-9(6-10)7-11(14)4-5-13-8-11;/h1-3,6,13-14H,4-5,7-8H2;1H. The lowest BCUT2D eigenvalue weighted by Gasteiger charge is -2.21. The van der Waals surface area contributed by atoms with Crippen LogP contribution < -0.4 is 5.32 Å². The van der Waals surface area contributed by atoms with E-state index in [1.807, 2.05) is 24.3 Å². The molecule has 0 bridgehead atoms. The van der Waals surface area contributed by atoms with Crippen LogP contribution in [0, 0.1) is 0 Å². The number of hydrogen-bond donors (Lipinski definition) is 2. The lowest BCUT2D eigenvalue weighted by molar-refractivity contribution is 0.0619. The molecule has 1 aromatic rings. The van der Waals surface area contributed by atoms with Crippen LogP contribution in [0.15, 0.2) is 24.3 Å². The van der Waals surface area contributed by atoms with Gasteiger partial charge in [0.15, 0.2) is 0 Å². The van der Waals surface area contributed by atoms with E-state index in [1.54, 1.807) is 0 Å². The van der Waals surface area contributed by atoms with Crippen molar-refractivity contribution in [1.29, 1.82) is 0 Å². The molecule has 0 aliphatic carbocycles. The second-order valence-corrected chi connectivity index (χ2v) is 4.39. The maximum Gasteiger partial charge on any atom is 0.0823 e. The van der Waals surface area contributed by atoms with E-state index in [2.05, 4.69) is 5.32 Å². The minimum Gasteiger partial charge on any atom is -0.388 e. The second kappa shape index (κ2) is 5.17. The molecule has 1 unspecified atom stereocenters. The lowest BCUT2D eigenvalue weighted by atomic mass is 9.94. The molecule has 1 aromatic carbocycles. The fourth-order valence-electron chi connectivity index (χ4n) is 1.91. The molecule has 0 amide bonds. The Hall–Kier alpha value is -0.280. The van der Waals surface area contributed by atoms with E-state index in [9.17, 15) is 5.11 Å². The first kappa shape index (κ1) is 12.8. The van der Waals surface area contributed by atoms with Crippen molar-refractivity contribution in [3.63, 3.8) is 0 Å². The molecule has 2 N–H and O–H groups in total. The zero-order valence-corrected chi connectivity index (χ0v) is 9.94. The molecule has 0 spiro atoms. The Morgan fingerprint density at radius 2 is 2.27 bits per heavy atom. The van der Waals surface area contributed by atoms with Crippen molar-refractivity contribution in [2.45, 2.75) is 18.4 Å². The first-order chi connectivity index (χ1) is 6.68. The SMILES string of the molecule is Cl.OC1(Cc2cccc(Cl)c2)CCNC1. The van der Waals surface area contributed by atoms with Crippen LogP contribution in [0.2, 0.25) is 5.02 Å². The van der Waals surface area contributed by atoms with Crippen molar-refractivity contribution in [2.24, 2.45) is 0 Å². The summed E-state index contributed by atoms with van der Waals surface area (Å²) in [5.41, 5.74) is 0.522. The van der Waals surface area contributed by atoms with E-state index in [0.29, 0.717) is 13.0 Å². The van der Waals surface area contributed by atoms with Crippen LogP contribution >= 0.6 is 24.0 Å². The summed E-state index contributed by atoms with van der Waals surface area (Å²) < 4.78 is 0. The minimum atomic E-state index is -0.579. The van der Waals surface area contributed by atoms with E-state index in [0.717, 1.165) is 23.6 Å². The summed E-state index contributed by atoms with van der Waals surface area (Å²) >= 11 is 5.88. The Morgan fingerprint density at radius 1 is 1.47 bits per heavy atom. The van der Waals surface area contributed by atoms with Gasteiger partial charge in [-0.15, -0.1) is 12.4 Å². The van der Waals surface area contributed by atoms with Gasteiger partial charge in [0.25, 0.3) is 0 Å². The minimum absolute atomic E-state index is 0. The predicted octanol–water partition coefficient (Wildman–Crippen LogP) is 2.03. The van der Waals surface area contributed by atoms with Gasteiger partial charge in [0.1, 0.15) is 0 Å². The van der Waals surface area contributed by atoms with Crippen LogP contribution in [0.25, 0.3) is 0 Å². The molecule has 84 valence electrons. The van der Waals surface area contributed by atoms with Crippen LogP contribution in [-0.4, -0.2) is 23.8 Å². The molecule has 1 aliphatic heterocycles. The maximum absolute atomic E-state index is 10.1. The molecular weight excluding hydrogens is 233 g/mol. The van der Waals surface area contributed by atoms with Gasteiger partial charge in [-0.3, -0.25) is 0 Å². The molecule has 1 saturated heterocycles. The molecular formula is C11H15Cl2NO. The summed E-state index contributed by atoms with van der Waals surface area (Å²) in [6, 6.07) is 7.69. The number of nitrogens with one attached hydrogen (secondary N) is 1. The smallest absolute Gasteiger partial charge is 0.0823 e. The fourth-order valence-corrected chi connectivity index (χ4v) is 2.12. The Labute approximate surface area is 101 Å². The Morgan fingerprint density at radius 3 is 2.87 bits per heavy atom. The number of rotatable bonds is 2. The quantitative estimate of drug-likeness (QED) is 0.839. The highest BCUT2D eigenvalue weighted by Crippen LogP contribution is 2.21. The topological polar surface area (TPSA) is 32.3 Å². The molecule has 0 saturated carbocycles. The number of aliphatic hydroxyl groups is 1. The average molecular weight is 248 g/mol. The molecule has 0 aromatic heterocycles. The van der Waals surface area contributed by atoms with Crippen LogP contribution in [0.1, 0.15) is 12.0 Å². The predicted molar refractivity (Wildman–Crippen MR) is 64.8 cm³/mol. The van der Waals surface area contributed by atoms with Gasteiger partial charge in [0.05, 0.1) is 5.60 Å². The number of benzene rings is 1. The van der Waals surface area contributed by atoms with E-state index in [-0.39, 0.29) is 12.4 Å². The molecule has 1 heterocycles. The first-order valence-corrected chi connectivity index (χ1v) is 5.23. The van der Waals surface area contributed by atoms with Crippen LogP contribution in [0.3, 0.4) is 0 Å². The van der Waals surface area contributed by atoms with E-state index < -0.39 is 5.60 Å². The zero-order chi connectivity index (χ0) is 10.0. The van der Waals surface area contributed by atoms with Crippen LogP contribution in [0.5, 0.6) is 0 Å². The van der Waals surface area contributed by atoms with Gasteiger partial charge >= 0.3 is 0 Å². The van der Waals surface area contributed by atoms with E-state index >= 15 is 0 Å². The van der Waals surface area contributed by atoms with Gasteiger partial charge in [0, 0.05) is 18.0 Å². The molecule has 2 rings (SSSR count). The number of β-amino-alcohol motifs (C(OH)–C–C–N with tert-alkyl or cyclic N) is 1. The summed E-state index contributed by atoms with van der Waals surface area (Å²) in [5, 5.41) is 14.0. The third kappa shape index (κ3) is 3.35. The second-order valence-electron chi connectivity index (χ2n) is 3.96. The average Bonchev–Trinajstić information content (AvgIpc) is 2.51. The third-order valence-corrected chi connectivity index (χ3v) is 2.88. The largest absolute Gasteiger partial charge is 0.388 e. The molecule has 0 radical (unpaired) electrons.